The summed E-state index contributed by atoms with van der Waals surface area (Å²) < 4.78 is 5.68. The van der Waals surface area contributed by atoms with Gasteiger partial charge in [-0.25, -0.2) is 4.98 Å². The predicted molar refractivity (Wildman–Crippen MR) is 165 cm³/mol. The molecule has 0 saturated heterocycles. The van der Waals surface area contributed by atoms with Gasteiger partial charge in [0.15, 0.2) is 5.82 Å². The van der Waals surface area contributed by atoms with Crippen molar-refractivity contribution in [3.05, 3.63) is 75.2 Å². The van der Waals surface area contributed by atoms with Gasteiger partial charge in [-0.15, -0.1) is 0 Å². The van der Waals surface area contributed by atoms with E-state index < -0.39 is 0 Å². The summed E-state index contributed by atoms with van der Waals surface area (Å²) in [5.74, 6) is 0.951. The molecule has 4 aromatic heterocycles. The lowest BCUT2D eigenvalue weighted by Crippen LogP contribution is -2.41. The summed E-state index contributed by atoms with van der Waals surface area (Å²) in [5, 5.41) is 18.6. The third-order valence-electron chi connectivity index (χ3n) is 9.39. The average molecular weight is 583 g/mol. The monoisotopic (exact) mass is 582 g/mol. The van der Waals surface area contributed by atoms with E-state index in [-0.39, 0.29) is 29.5 Å². The van der Waals surface area contributed by atoms with Crippen LogP contribution in [0.15, 0.2) is 41.5 Å². The number of likely N-dealkylation sites (N-methyl/N-ethyl adjacent to an activating group) is 1. The Balaban J connectivity index is 1.23. The van der Waals surface area contributed by atoms with Gasteiger partial charge in [-0.2, -0.15) is 5.10 Å². The molecule has 7 rings (SSSR count). The molecule has 0 fully saturated rings. The molecule has 2 aliphatic heterocycles. The van der Waals surface area contributed by atoms with Crippen LogP contribution in [0.5, 0.6) is 0 Å². The predicted octanol–water partition coefficient (Wildman–Crippen LogP) is 3.47. The molecule has 2 N–H and O–H groups in total. The minimum Gasteiger partial charge on any atom is -0.392 e. The first-order valence-corrected chi connectivity index (χ1v) is 14.9. The van der Waals surface area contributed by atoms with Crippen molar-refractivity contribution in [1.29, 1.82) is 0 Å². The Kier molecular flexibility index (Phi) is 6.37. The van der Waals surface area contributed by atoms with Crippen LogP contribution in [0.3, 0.4) is 0 Å². The van der Waals surface area contributed by atoms with E-state index in [1.165, 1.54) is 15.8 Å². The number of hydrogen-bond acceptors (Lipinski definition) is 7. The lowest BCUT2D eigenvalue weighted by molar-refractivity contribution is 0.0962. The quantitative estimate of drug-likeness (QED) is 0.371. The molecule has 43 heavy (non-hydrogen) atoms. The topological polar surface area (TPSA) is 113 Å². The van der Waals surface area contributed by atoms with E-state index in [4.69, 9.17) is 5.10 Å². The highest BCUT2D eigenvalue weighted by molar-refractivity contribution is 6.06. The van der Waals surface area contributed by atoms with Gasteiger partial charge < -0.3 is 19.6 Å². The van der Waals surface area contributed by atoms with Crippen molar-refractivity contribution >= 4 is 23.2 Å². The molecular formula is C32H38N8O3. The minimum absolute atomic E-state index is 0.107. The van der Waals surface area contributed by atoms with Gasteiger partial charge in [0, 0.05) is 68.0 Å². The van der Waals surface area contributed by atoms with Gasteiger partial charge in [-0.1, -0.05) is 13.8 Å². The second kappa shape index (κ2) is 9.92. The number of amides is 1. The van der Waals surface area contributed by atoms with E-state index in [1.807, 2.05) is 22.9 Å². The van der Waals surface area contributed by atoms with Crippen molar-refractivity contribution < 1.29 is 9.90 Å². The fraction of sp³-hybridized carbons (Fsp3) is 0.438. The molecule has 4 aromatic rings. The molecule has 3 aliphatic rings. The van der Waals surface area contributed by atoms with E-state index in [9.17, 15) is 14.7 Å². The summed E-state index contributed by atoms with van der Waals surface area (Å²) in [7, 11) is 3.80. The van der Waals surface area contributed by atoms with E-state index in [2.05, 4.69) is 47.6 Å². The van der Waals surface area contributed by atoms with Crippen LogP contribution < -0.4 is 15.8 Å². The molecule has 0 bridgehead atoms. The maximum absolute atomic E-state index is 13.8. The number of nitrogens with one attached hydrogen (secondary N) is 1. The number of aliphatic hydroxyl groups excluding tert-OH is 1. The maximum atomic E-state index is 13.8. The lowest BCUT2D eigenvalue weighted by atomic mass is 9.90. The number of pyridine rings is 2. The van der Waals surface area contributed by atoms with Crippen LogP contribution in [0.1, 0.15) is 59.8 Å². The summed E-state index contributed by atoms with van der Waals surface area (Å²) in [6.07, 6.45) is 5.33. The first-order valence-electron chi connectivity index (χ1n) is 14.9. The molecule has 6 heterocycles. The van der Waals surface area contributed by atoms with E-state index in [0.717, 1.165) is 37.2 Å². The van der Waals surface area contributed by atoms with E-state index in [0.29, 0.717) is 47.2 Å². The number of aryl methyl sites for hydroxylation is 1. The highest BCUT2D eigenvalue weighted by Crippen LogP contribution is 2.40. The number of hydrogen-bond donors (Lipinski definition) is 2. The van der Waals surface area contributed by atoms with Crippen molar-refractivity contribution in [2.24, 2.45) is 12.5 Å². The highest BCUT2D eigenvalue weighted by atomic mass is 16.3. The largest absolute Gasteiger partial charge is 0.392 e. The summed E-state index contributed by atoms with van der Waals surface area (Å²) >= 11 is 0. The number of carbonyl (C=O) groups is 1. The van der Waals surface area contributed by atoms with Crippen molar-refractivity contribution in [3.63, 3.8) is 0 Å². The van der Waals surface area contributed by atoms with E-state index in [1.54, 1.807) is 30.4 Å². The molecular weight excluding hydrogens is 544 g/mol. The Morgan fingerprint density at radius 1 is 1.07 bits per heavy atom. The van der Waals surface area contributed by atoms with Crippen LogP contribution >= 0.6 is 0 Å². The minimum atomic E-state index is -0.307. The Hall–Kier alpha value is -4.22. The highest BCUT2D eigenvalue weighted by Gasteiger charge is 2.37. The normalized spacial score (nSPS) is 19.3. The summed E-state index contributed by atoms with van der Waals surface area (Å²) in [6.45, 7) is 9.22. The zero-order chi connectivity index (χ0) is 30.2. The van der Waals surface area contributed by atoms with Crippen LogP contribution in [0.25, 0.3) is 11.1 Å². The SMILES string of the molecule is C[C@H]1c2cc(Nc3cc(-c4ccnc(N5CCn6c(cc7c6CC(C)(C)C7)C5=O)c4CO)cn(C)c3=O)nn2CCN1C. The third-order valence-corrected chi connectivity index (χ3v) is 9.39. The fourth-order valence-electron chi connectivity index (χ4n) is 7.02. The van der Waals surface area contributed by atoms with Crippen LogP contribution in [0.2, 0.25) is 0 Å². The Morgan fingerprint density at radius 3 is 2.67 bits per heavy atom. The number of aromatic nitrogens is 5. The second-order valence-corrected chi connectivity index (χ2v) is 13.0. The van der Waals surface area contributed by atoms with Gasteiger partial charge in [-0.3, -0.25) is 24.1 Å². The van der Waals surface area contributed by atoms with Gasteiger partial charge in [-0.05, 0) is 61.6 Å². The summed E-state index contributed by atoms with van der Waals surface area (Å²) in [6, 6.07) is 7.86. The Labute approximate surface area is 250 Å². The van der Waals surface area contributed by atoms with Crippen molar-refractivity contribution in [2.75, 3.05) is 30.4 Å². The molecule has 1 amide bonds. The lowest BCUT2D eigenvalue weighted by Gasteiger charge is -2.31. The standard InChI is InChI=1S/C32H38N8O3/c1-19-25-14-28(35-40(25)11-8-36(19)4)34-24-12-21(17-37(5)30(24)42)22-6-7-33-29(23(22)18-41)39-10-9-38-26(31(39)43)13-20-15-32(2,3)16-27(20)38/h6-7,12-14,17,19,41H,8-11,15-16,18H2,1-5H3,(H,34,35)/t19-/m0/s1. The molecule has 11 heteroatoms. The number of nitrogens with zero attached hydrogens (tertiary/aromatic N) is 7. The number of carbonyl (C=O) groups excluding carboxylic acids is 1. The van der Waals surface area contributed by atoms with E-state index >= 15 is 0 Å². The maximum Gasteiger partial charge on any atom is 0.276 e. The average Bonchev–Trinajstić information content (AvgIpc) is 3.63. The molecule has 0 spiro atoms. The van der Waals surface area contributed by atoms with Gasteiger partial charge >= 0.3 is 0 Å². The van der Waals surface area contributed by atoms with Crippen molar-refractivity contribution in [1.82, 2.24) is 28.8 Å². The van der Waals surface area contributed by atoms with Crippen molar-refractivity contribution in [2.45, 2.75) is 59.4 Å². The summed E-state index contributed by atoms with van der Waals surface area (Å²) in [4.78, 5) is 35.5. The number of aliphatic hydroxyl groups is 1. The molecule has 0 saturated carbocycles. The molecule has 1 atom stereocenters. The van der Waals surface area contributed by atoms with Crippen LogP contribution in [0.4, 0.5) is 17.3 Å². The Morgan fingerprint density at radius 2 is 1.88 bits per heavy atom. The van der Waals surface area contributed by atoms with Crippen LogP contribution in [-0.4, -0.2) is 59.9 Å². The third kappa shape index (κ3) is 4.49. The molecule has 0 unspecified atom stereocenters. The molecule has 0 aromatic carbocycles. The Bertz CT molecular complexity index is 1830. The molecule has 11 nitrogen and oxygen atoms in total. The second-order valence-electron chi connectivity index (χ2n) is 13.0. The van der Waals surface area contributed by atoms with Gasteiger partial charge in [0.25, 0.3) is 11.5 Å². The first-order chi connectivity index (χ1) is 20.5. The molecule has 1 aliphatic carbocycles. The van der Waals surface area contributed by atoms with Gasteiger partial charge in [0.2, 0.25) is 0 Å². The summed E-state index contributed by atoms with van der Waals surface area (Å²) in [5.41, 5.74) is 6.67. The van der Waals surface area contributed by atoms with Gasteiger partial charge in [0.1, 0.15) is 17.2 Å². The zero-order valence-corrected chi connectivity index (χ0v) is 25.4. The first kappa shape index (κ1) is 27.6. The number of anilines is 3. The van der Waals surface area contributed by atoms with Crippen LogP contribution in [0, 0.1) is 5.41 Å². The van der Waals surface area contributed by atoms with Crippen molar-refractivity contribution in [3.8, 4) is 11.1 Å². The number of rotatable bonds is 5. The molecule has 224 valence electrons. The fourth-order valence-corrected chi connectivity index (χ4v) is 7.02. The van der Waals surface area contributed by atoms with Crippen LogP contribution in [-0.2, 0) is 39.6 Å². The zero-order valence-electron chi connectivity index (χ0n) is 25.4. The van der Waals surface area contributed by atoms with Gasteiger partial charge in [0.05, 0.1) is 18.8 Å². The molecule has 0 radical (unpaired) electrons. The number of fused-ring (bicyclic) bond motifs is 4. The smallest absolute Gasteiger partial charge is 0.276 e.